The Bertz CT molecular complexity index is 944. The summed E-state index contributed by atoms with van der Waals surface area (Å²) in [6.45, 7) is 1.23. The third-order valence-electron chi connectivity index (χ3n) is 3.99. The number of nitriles is 1. The van der Waals surface area contributed by atoms with Gasteiger partial charge in [-0.3, -0.25) is 10.1 Å². The fourth-order valence-electron chi connectivity index (χ4n) is 2.70. The van der Waals surface area contributed by atoms with Crippen molar-refractivity contribution in [3.8, 4) is 6.07 Å². The quantitative estimate of drug-likeness (QED) is 0.522. The number of nitrogens with zero attached hydrogens (tertiary/aromatic N) is 4. The van der Waals surface area contributed by atoms with Crippen molar-refractivity contribution in [1.82, 2.24) is 9.55 Å². The van der Waals surface area contributed by atoms with E-state index in [1.165, 1.54) is 11.6 Å². The molecular formula is C19H17N5O2. The van der Waals surface area contributed by atoms with Crippen molar-refractivity contribution in [1.29, 1.82) is 5.26 Å². The molecule has 3 rings (SSSR count). The molecule has 1 N–H and O–H groups in total. The molecule has 0 amide bonds. The molecule has 26 heavy (non-hydrogen) atoms. The van der Waals surface area contributed by atoms with Crippen LogP contribution in [0.25, 0.3) is 0 Å². The molecule has 7 nitrogen and oxygen atoms in total. The van der Waals surface area contributed by atoms with E-state index in [0.717, 1.165) is 12.4 Å². The lowest BCUT2D eigenvalue weighted by Crippen LogP contribution is -2.11. The van der Waals surface area contributed by atoms with E-state index >= 15 is 0 Å². The first-order chi connectivity index (χ1) is 12.7. The highest BCUT2D eigenvalue weighted by atomic mass is 16.6. The van der Waals surface area contributed by atoms with Crippen LogP contribution < -0.4 is 5.32 Å². The Kier molecular flexibility index (Phi) is 5.25. The second-order valence-electron chi connectivity index (χ2n) is 5.73. The summed E-state index contributed by atoms with van der Waals surface area (Å²) in [6.07, 6.45) is 4.30. The van der Waals surface area contributed by atoms with Crippen LogP contribution in [0.3, 0.4) is 0 Å². The van der Waals surface area contributed by atoms with Crippen LogP contribution in [0.2, 0.25) is 0 Å². The predicted molar refractivity (Wildman–Crippen MR) is 97.8 cm³/mol. The van der Waals surface area contributed by atoms with Crippen molar-refractivity contribution in [2.45, 2.75) is 13.0 Å². The largest absolute Gasteiger partial charge is 0.379 e. The van der Waals surface area contributed by atoms with Gasteiger partial charge in [0.15, 0.2) is 0 Å². The van der Waals surface area contributed by atoms with Crippen LogP contribution in [0.15, 0.2) is 60.9 Å². The van der Waals surface area contributed by atoms with Crippen molar-refractivity contribution >= 4 is 11.4 Å². The number of rotatable bonds is 7. The summed E-state index contributed by atoms with van der Waals surface area (Å²) in [5.41, 5.74) is 1.75. The van der Waals surface area contributed by atoms with E-state index < -0.39 is 4.92 Å². The number of hydrogen-bond donors (Lipinski definition) is 1. The zero-order valence-corrected chi connectivity index (χ0v) is 14.0. The Morgan fingerprint density at radius 3 is 2.77 bits per heavy atom. The lowest BCUT2D eigenvalue weighted by Gasteiger charge is -2.10. The molecule has 0 radical (unpaired) electrons. The van der Waals surface area contributed by atoms with Gasteiger partial charge in [-0.15, -0.1) is 0 Å². The lowest BCUT2D eigenvalue weighted by atomic mass is 10.2. The van der Waals surface area contributed by atoms with E-state index in [4.69, 9.17) is 5.26 Å². The Morgan fingerprint density at radius 1 is 1.23 bits per heavy atom. The number of anilines is 1. The molecule has 0 aliphatic rings. The van der Waals surface area contributed by atoms with E-state index in [1.807, 2.05) is 30.5 Å². The van der Waals surface area contributed by atoms with Gasteiger partial charge in [0, 0.05) is 38.0 Å². The molecule has 7 heteroatoms. The van der Waals surface area contributed by atoms with Crippen LogP contribution in [-0.2, 0) is 13.0 Å². The van der Waals surface area contributed by atoms with E-state index in [2.05, 4.69) is 27.0 Å². The minimum atomic E-state index is -0.487. The highest BCUT2D eigenvalue weighted by Crippen LogP contribution is 2.25. The van der Waals surface area contributed by atoms with Gasteiger partial charge in [0.05, 0.1) is 16.6 Å². The highest BCUT2D eigenvalue weighted by molar-refractivity contribution is 5.64. The van der Waals surface area contributed by atoms with Crippen LogP contribution in [0, 0.1) is 21.4 Å². The van der Waals surface area contributed by atoms with Gasteiger partial charge in [0.25, 0.3) is 5.69 Å². The maximum atomic E-state index is 11.2. The molecule has 0 bridgehead atoms. The summed E-state index contributed by atoms with van der Waals surface area (Å²) in [5, 5.41) is 23.1. The van der Waals surface area contributed by atoms with Crippen LogP contribution in [0.1, 0.15) is 17.0 Å². The van der Waals surface area contributed by atoms with Crippen LogP contribution in [-0.4, -0.2) is 21.0 Å². The number of aromatic nitrogens is 2. The fourth-order valence-corrected chi connectivity index (χ4v) is 2.70. The molecular weight excluding hydrogens is 330 g/mol. The molecule has 0 aliphatic carbocycles. The van der Waals surface area contributed by atoms with Crippen molar-refractivity contribution < 1.29 is 4.92 Å². The molecule has 0 saturated carbocycles. The summed E-state index contributed by atoms with van der Waals surface area (Å²) in [5.74, 6) is 0.901. The summed E-state index contributed by atoms with van der Waals surface area (Å²) < 4.78 is 2.06. The molecule has 1 aromatic heterocycles. The summed E-state index contributed by atoms with van der Waals surface area (Å²) in [6, 6.07) is 16.4. The maximum Gasteiger partial charge on any atom is 0.293 e. The van der Waals surface area contributed by atoms with Crippen molar-refractivity contribution in [2.75, 3.05) is 11.9 Å². The van der Waals surface area contributed by atoms with Crippen LogP contribution in [0.4, 0.5) is 11.4 Å². The van der Waals surface area contributed by atoms with Gasteiger partial charge >= 0.3 is 0 Å². The van der Waals surface area contributed by atoms with E-state index in [-0.39, 0.29) is 11.3 Å². The highest BCUT2D eigenvalue weighted by Gasteiger charge is 2.14. The second kappa shape index (κ2) is 7.94. The average molecular weight is 347 g/mol. The summed E-state index contributed by atoms with van der Waals surface area (Å²) >= 11 is 0. The molecule has 0 fully saturated rings. The minimum Gasteiger partial charge on any atom is -0.379 e. The van der Waals surface area contributed by atoms with Gasteiger partial charge in [0.2, 0.25) is 0 Å². The van der Waals surface area contributed by atoms with Crippen molar-refractivity contribution in [3.63, 3.8) is 0 Å². The molecule has 0 unspecified atom stereocenters. The zero-order chi connectivity index (χ0) is 18.4. The van der Waals surface area contributed by atoms with Gasteiger partial charge in [0.1, 0.15) is 11.5 Å². The number of nitro benzene ring substituents is 1. The summed E-state index contributed by atoms with van der Waals surface area (Å²) in [7, 11) is 0. The first-order valence-electron chi connectivity index (χ1n) is 8.13. The first-order valence-corrected chi connectivity index (χ1v) is 8.13. The Labute approximate surface area is 150 Å². The maximum absolute atomic E-state index is 11.2. The van der Waals surface area contributed by atoms with E-state index in [9.17, 15) is 10.1 Å². The first kappa shape index (κ1) is 17.2. The number of imidazole rings is 1. The molecule has 2 aromatic carbocycles. The lowest BCUT2D eigenvalue weighted by molar-refractivity contribution is -0.384. The van der Waals surface area contributed by atoms with Gasteiger partial charge < -0.3 is 9.88 Å². The molecule has 0 saturated heterocycles. The number of nitro groups is 1. The van der Waals surface area contributed by atoms with Gasteiger partial charge in [-0.25, -0.2) is 4.98 Å². The fraction of sp³-hybridized carbons (Fsp3) is 0.158. The van der Waals surface area contributed by atoms with E-state index in [0.29, 0.717) is 18.7 Å². The minimum absolute atomic E-state index is 0.100. The Hall–Kier alpha value is -3.66. The SMILES string of the molecule is N#Cc1ccc(NCCc2nccn2Cc2ccccc2)c([N+](=O)[O-])c1. The Balaban J connectivity index is 1.65. The van der Waals surface area contributed by atoms with Crippen molar-refractivity contribution in [3.05, 3.63) is 88.0 Å². The topological polar surface area (TPSA) is 96.8 Å². The third kappa shape index (κ3) is 4.05. The monoisotopic (exact) mass is 347 g/mol. The predicted octanol–water partition coefficient (Wildman–Crippen LogP) is 3.37. The second-order valence-corrected chi connectivity index (χ2v) is 5.73. The summed E-state index contributed by atoms with van der Waals surface area (Å²) in [4.78, 5) is 15.1. The molecule has 130 valence electrons. The number of hydrogen-bond acceptors (Lipinski definition) is 5. The smallest absolute Gasteiger partial charge is 0.293 e. The van der Waals surface area contributed by atoms with Gasteiger partial charge in [-0.05, 0) is 17.7 Å². The normalized spacial score (nSPS) is 10.3. The van der Waals surface area contributed by atoms with E-state index in [1.54, 1.807) is 18.3 Å². The molecule has 0 aliphatic heterocycles. The average Bonchev–Trinajstić information content (AvgIpc) is 3.09. The molecule has 0 atom stereocenters. The van der Waals surface area contributed by atoms with Crippen molar-refractivity contribution in [2.24, 2.45) is 0 Å². The number of nitrogens with one attached hydrogen (secondary N) is 1. The van der Waals surface area contributed by atoms with Crippen LogP contribution in [0.5, 0.6) is 0 Å². The zero-order valence-electron chi connectivity index (χ0n) is 14.0. The molecule has 3 aromatic rings. The Morgan fingerprint density at radius 2 is 2.04 bits per heavy atom. The molecule has 1 heterocycles. The third-order valence-corrected chi connectivity index (χ3v) is 3.99. The van der Waals surface area contributed by atoms with Gasteiger partial charge in [-0.1, -0.05) is 30.3 Å². The molecule has 0 spiro atoms. The van der Waals surface area contributed by atoms with Gasteiger partial charge in [-0.2, -0.15) is 5.26 Å². The van der Waals surface area contributed by atoms with Crippen LogP contribution >= 0.6 is 0 Å². The number of benzene rings is 2. The standard InChI is InChI=1S/C19H17N5O2/c20-13-16-6-7-17(18(12-16)24(25)26)21-9-8-19-22-10-11-23(19)14-15-4-2-1-3-5-15/h1-7,10-12,21H,8-9,14H2.